The predicted octanol–water partition coefficient (Wildman–Crippen LogP) is 2.98. The second-order valence-corrected chi connectivity index (χ2v) is 4.94. The van der Waals surface area contributed by atoms with E-state index in [4.69, 9.17) is 4.74 Å². The number of benzene rings is 1. The SMILES string of the molecule is COc1ccc(Br)c(Cn2cccc(C)c2=O)c1. The molecule has 2 aromatic rings. The van der Waals surface area contributed by atoms with Gasteiger partial charge < -0.3 is 9.30 Å². The molecular formula is C14H14BrNO2. The smallest absolute Gasteiger partial charge is 0.253 e. The van der Waals surface area contributed by atoms with E-state index >= 15 is 0 Å². The topological polar surface area (TPSA) is 31.2 Å². The first-order valence-corrected chi connectivity index (χ1v) is 6.39. The van der Waals surface area contributed by atoms with Crippen molar-refractivity contribution in [2.45, 2.75) is 13.5 Å². The van der Waals surface area contributed by atoms with Gasteiger partial charge in [-0.2, -0.15) is 0 Å². The molecule has 0 radical (unpaired) electrons. The van der Waals surface area contributed by atoms with Crippen LogP contribution in [0.25, 0.3) is 0 Å². The molecule has 0 bridgehead atoms. The van der Waals surface area contributed by atoms with Crippen molar-refractivity contribution in [1.82, 2.24) is 4.57 Å². The van der Waals surface area contributed by atoms with Crippen LogP contribution in [-0.2, 0) is 6.54 Å². The second-order valence-electron chi connectivity index (χ2n) is 4.08. The minimum absolute atomic E-state index is 0.0345. The average Bonchev–Trinajstić information content (AvgIpc) is 2.37. The zero-order chi connectivity index (χ0) is 13.1. The number of hydrogen-bond acceptors (Lipinski definition) is 2. The Morgan fingerprint density at radius 1 is 1.33 bits per heavy atom. The molecule has 0 aliphatic carbocycles. The highest BCUT2D eigenvalue weighted by Gasteiger charge is 2.05. The number of hydrogen-bond donors (Lipinski definition) is 0. The largest absolute Gasteiger partial charge is 0.497 e. The van der Waals surface area contributed by atoms with Crippen LogP contribution in [-0.4, -0.2) is 11.7 Å². The molecule has 0 saturated carbocycles. The summed E-state index contributed by atoms with van der Waals surface area (Å²) >= 11 is 3.49. The van der Waals surface area contributed by atoms with Gasteiger partial charge >= 0.3 is 0 Å². The molecule has 4 heteroatoms. The molecule has 0 saturated heterocycles. The Labute approximate surface area is 114 Å². The summed E-state index contributed by atoms with van der Waals surface area (Å²) < 4.78 is 7.85. The third kappa shape index (κ3) is 2.64. The molecule has 0 fully saturated rings. The molecule has 2 rings (SSSR count). The van der Waals surface area contributed by atoms with Gasteiger partial charge in [0.2, 0.25) is 0 Å². The van der Waals surface area contributed by atoms with Crippen LogP contribution in [0.15, 0.2) is 45.8 Å². The fourth-order valence-electron chi connectivity index (χ4n) is 1.76. The molecular weight excluding hydrogens is 294 g/mol. The van der Waals surface area contributed by atoms with Crippen LogP contribution in [0.1, 0.15) is 11.1 Å². The minimum Gasteiger partial charge on any atom is -0.497 e. The summed E-state index contributed by atoms with van der Waals surface area (Å²) in [4.78, 5) is 12.0. The average molecular weight is 308 g/mol. The summed E-state index contributed by atoms with van der Waals surface area (Å²) in [6.45, 7) is 2.34. The summed E-state index contributed by atoms with van der Waals surface area (Å²) in [5.41, 5.74) is 1.80. The van der Waals surface area contributed by atoms with Crippen molar-refractivity contribution < 1.29 is 4.74 Å². The van der Waals surface area contributed by atoms with Crippen molar-refractivity contribution in [3.63, 3.8) is 0 Å². The van der Waals surface area contributed by atoms with E-state index in [1.54, 1.807) is 17.9 Å². The van der Waals surface area contributed by atoms with Crippen LogP contribution in [0.3, 0.4) is 0 Å². The Kier molecular flexibility index (Phi) is 3.87. The van der Waals surface area contributed by atoms with Gasteiger partial charge in [-0.1, -0.05) is 22.0 Å². The van der Waals surface area contributed by atoms with Crippen LogP contribution >= 0.6 is 15.9 Å². The molecule has 1 heterocycles. The van der Waals surface area contributed by atoms with Gasteiger partial charge in [-0.15, -0.1) is 0 Å². The van der Waals surface area contributed by atoms with E-state index in [0.29, 0.717) is 6.54 Å². The lowest BCUT2D eigenvalue weighted by molar-refractivity contribution is 0.414. The third-order valence-electron chi connectivity index (χ3n) is 2.80. The standard InChI is InChI=1S/C14H14BrNO2/c1-10-4-3-7-16(14(10)17)9-11-8-12(18-2)5-6-13(11)15/h3-8H,9H2,1-2H3. The van der Waals surface area contributed by atoms with E-state index in [9.17, 15) is 4.79 Å². The highest BCUT2D eigenvalue weighted by molar-refractivity contribution is 9.10. The summed E-state index contributed by atoms with van der Waals surface area (Å²) in [5, 5.41) is 0. The normalized spacial score (nSPS) is 10.4. The number of aromatic nitrogens is 1. The Morgan fingerprint density at radius 2 is 2.11 bits per heavy atom. The van der Waals surface area contributed by atoms with E-state index in [-0.39, 0.29) is 5.56 Å². The maximum absolute atomic E-state index is 12.0. The Bertz CT molecular complexity index is 619. The lowest BCUT2D eigenvalue weighted by Gasteiger charge is -2.10. The first-order chi connectivity index (χ1) is 8.61. The zero-order valence-electron chi connectivity index (χ0n) is 10.3. The third-order valence-corrected chi connectivity index (χ3v) is 3.58. The van der Waals surface area contributed by atoms with E-state index in [0.717, 1.165) is 21.3 Å². The molecule has 0 aliphatic rings. The van der Waals surface area contributed by atoms with Crippen LogP contribution in [0.4, 0.5) is 0 Å². The van der Waals surface area contributed by atoms with Gasteiger partial charge in [0, 0.05) is 16.2 Å². The van der Waals surface area contributed by atoms with Gasteiger partial charge in [-0.05, 0) is 36.8 Å². The Hall–Kier alpha value is -1.55. The van der Waals surface area contributed by atoms with Crippen molar-refractivity contribution in [2.24, 2.45) is 0 Å². The molecule has 0 atom stereocenters. The van der Waals surface area contributed by atoms with Crippen molar-refractivity contribution >= 4 is 15.9 Å². The molecule has 0 aliphatic heterocycles. The predicted molar refractivity (Wildman–Crippen MR) is 75.2 cm³/mol. The lowest BCUT2D eigenvalue weighted by atomic mass is 10.2. The zero-order valence-corrected chi connectivity index (χ0v) is 11.9. The Balaban J connectivity index is 2.39. The highest BCUT2D eigenvalue weighted by atomic mass is 79.9. The van der Waals surface area contributed by atoms with E-state index in [1.165, 1.54) is 0 Å². The number of halogens is 1. The van der Waals surface area contributed by atoms with Crippen molar-refractivity contribution in [1.29, 1.82) is 0 Å². The number of methoxy groups -OCH3 is 1. The van der Waals surface area contributed by atoms with Crippen LogP contribution in [0.5, 0.6) is 5.75 Å². The molecule has 1 aromatic heterocycles. The summed E-state index contributed by atoms with van der Waals surface area (Å²) in [6, 6.07) is 9.44. The number of rotatable bonds is 3. The molecule has 0 N–H and O–H groups in total. The molecule has 3 nitrogen and oxygen atoms in total. The van der Waals surface area contributed by atoms with Gasteiger partial charge in [0.05, 0.1) is 13.7 Å². The molecule has 0 unspecified atom stereocenters. The van der Waals surface area contributed by atoms with Gasteiger partial charge in [-0.25, -0.2) is 0 Å². The number of nitrogens with zero attached hydrogens (tertiary/aromatic N) is 1. The van der Waals surface area contributed by atoms with E-state index < -0.39 is 0 Å². The summed E-state index contributed by atoms with van der Waals surface area (Å²) in [6.07, 6.45) is 1.79. The molecule has 1 aromatic carbocycles. The maximum atomic E-state index is 12.0. The monoisotopic (exact) mass is 307 g/mol. The number of aryl methyl sites for hydroxylation is 1. The van der Waals surface area contributed by atoms with E-state index in [2.05, 4.69) is 15.9 Å². The van der Waals surface area contributed by atoms with E-state index in [1.807, 2.05) is 37.3 Å². The van der Waals surface area contributed by atoms with Gasteiger partial charge in [0.1, 0.15) is 5.75 Å². The van der Waals surface area contributed by atoms with Crippen LogP contribution < -0.4 is 10.3 Å². The molecule has 18 heavy (non-hydrogen) atoms. The Morgan fingerprint density at radius 3 is 2.83 bits per heavy atom. The van der Waals surface area contributed by atoms with Crippen molar-refractivity contribution in [3.8, 4) is 5.75 Å². The fraction of sp³-hybridized carbons (Fsp3) is 0.214. The number of pyridine rings is 1. The van der Waals surface area contributed by atoms with Gasteiger partial charge in [0.25, 0.3) is 5.56 Å². The summed E-state index contributed by atoms with van der Waals surface area (Å²) in [5.74, 6) is 0.786. The fourth-order valence-corrected chi connectivity index (χ4v) is 2.14. The molecule has 0 spiro atoms. The summed E-state index contributed by atoms with van der Waals surface area (Å²) in [7, 11) is 1.63. The lowest BCUT2D eigenvalue weighted by Crippen LogP contribution is -2.21. The minimum atomic E-state index is 0.0345. The van der Waals surface area contributed by atoms with Crippen LogP contribution in [0.2, 0.25) is 0 Å². The first-order valence-electron chi connectivity index (χ1n) is 5.60. The molecule has 0 amide bonds. The van der Waals surface area contributed by atoms with Gasteiger partial charge in [-0.3, -0.25) is 4.79 Å². The molecule has 94 valence electrons. The van der Waals surface area contributed by atoms with Crippen molar-refractivity contribution in [2.75, 3.05) is 7.11 Å². The maximum Gasteiger partial charge on any atom is 0.253 e. The van der Waals surface area contributed by atoms with Crippen molar-refractivity contribution in [3.05, 3.63) is 62.5 Å². The van der Waals surface area contributed by atoms with Crippen LogP contribution in [0, 0.1) is 6.92 Å². The quantitative estimate of drug-likeness (QED) is 0.873. The van der Waals surface area contributed by atoms with Gasteiger partial charge in [0.15, 0.2) is 0 Å². The number of ether oxygens (including phenoxy) is 1. The first kappa shape index (κ1) is 12.9. The second kappa shape index (κ2) is 5.40. The highest BCUT2D eigenvalue weighted by Crippen LogP contribution is 2.22.